The number of likely N-dealkylation sites (N-methyl/N-ethyl adjacent to an activating group) is 1. The zero-order chi connectivity index (χ0) is 13.1. The van der Waals surface area contributed by atoms with Crippen LogP contribution in [0.3, 0.4) is 0 Å². The van der Waals surface area contributed by atoms with Crippen LogP contribution in [0, 0.1) is 0 Å². The van der Waals surface area contributed by atoms with E-state index in [2.05, 4.69) is 0 Å². The molecule has 1 aliphatic rings. The lowest BCUT2D eigenvalue weighted by molar-refractivity contribution is -0.134. The van der Waals surface area contributed by atoms with Gasteiger partial charge in [0.1, 0.15) is 0 Å². The summed E-state index contributed by atoms with van der Waals surface area (Å²) in [5.74, 6) is -0.818. The number of benzene rings is 1. The molecule has 0 radical (unpaired) electrons. The van der Waals surface area contributed by atoms with Crippen LogP contribution in [0.2, 0.25) is 0 Å². The van der Waals surface area contributed by atoms with Crippen LogP contribution in [0.5, 0.6) is 0 Å². The van der Waals surface area contributed by atoms with Gasteiger partial charge in [-0.1, -0.05) is 12.1 Å². The van der Waals surface area contributed by atoms with E-state index in [1.165, 1.54) is 0 Å². The lowest BCUT2D eigenvalue weighted by atomic mass is 10.1. The van der Waals surface area contributed by atoms with Crippen molar-refractivity contribution in [2.24, 2.45) is 0 Å². The van der Waals surface area contributed by atoms with Crippen molar-refractivity contribution in [3.05, 3.63) is 35.4 Å². The maximum Gasteiger partial charge on any atom is 0.335 e. The van der Waals surface area contributed by atoms with Crippen molar-refractivity contribution < 1.29 is 14.7 Å². The highest BCUT2D eigenvalue weighted by molar-refractivity contribution is 5.87. The molecule has 1 fully saturated rings. The maximum absolute atomic E-state index is 11.6. The molecule has 2 rings (SSSR count). The average Bonchev–Trinajstić information content (AvgIpc) is 2.34. The minimum absolute atomic E-state index is 0.107. The van der Waals surface area contributed by atoms with Gasteiger partial charge in [-0.25, -0.2) is 4.79 Å². The molecule has 96 valence electrons. The summed E-state index contributed by atoms with van der Waals surface area (Å²) >= 11 is 0. The van der Waals surface area contributed by atoms with Gasteiger partial charge in [0, 0.05) is 26.7 Å². The van der Waals surface area contributed by atoms with Crippen molar-refractivity contribution in [2.45, 2.75) is 6.54 Å². The van der Waals surface area contributed by atoms with Crippen LogP contribution in [0.4, 0.5) is 0 Å². The first-order valence-electron chi connectivity index (χ1n) is 5.85. The molecule has 1 amide bonds. The average molecular weight is 248 g/mol. The van der Waals surface area contributed by atoms with E-state index >= 15 is 0 Å². The van der Waals surface area contributed by atoms with E-state index in [0.717, 1.165) is 18.7 Å². The fourth-order valence-electron chi connectivity index (χ4n) is 2.00. The van der Waals surface area contributed by atoms with E-state index in [0.29, 0.717) is 13.1 Å². The smallest absolute Gasteiger partial charge is 0.335 e. The molecule has 1 heterocycles. The minimum atomic E-state index is -0.925. The molecule has 1 aromatic rings. The molecule has 1 saturated heterocycles. The maximum atomic E-state index is 11.6. The van der Waals surface area contributed by atoms with Gasteiger partial charge in [0.05, 0.1) is 12.1 Å². The summed E-state index contributed by atoms with van der Waals surface area (Å²) in [5.41, 5.74) is 1.21. The van der Waals surface area contributed by atoms with Crippen molar-refractivity contribution in [3.63, 3.8) is 0 Å². The summed E-state index contributed by atoms with van der Waals surface area (Å²) < 4.78 is 0. The summed E-state index contributed by atoms with van der Waals surface area (Å²) in [7, 11) is 1.80. The van der Waals surface area contributed by atoms with Gasteiger partial charge >= 0.3 is 5.97 Å². The minimum Gasteiger partial charge on any atom is -0.478 e. The number of piperazine rings is 1. The first-order chi connectivity index (χ1) is 8.56. The number of aromatic carboxylic acids is 1. The van der Waals surface area contributed by atoms with Gasteiger partial charge in [0.2, 0.25) is 5.91 Å². The van der Waals surface area contributed by atoms with E-state index in [-0.39, 0.29) is 11.5 Å². The number of nitrogens with zero attached hydrogens (tertiary/aromatic N) is 2. The third-order valence-electron chi connectivity index (χ3n) is 3.12. The molecule has 18 heavy (non-hydrogen) atoms. The summed E-state index contributed by atoms with van der Waals surface area (Å²) in [6.07, 6.45) is 0. The van der Waals surface area contributed by atoms with Crippen molar-refractivity contribution in [1.29, 1.82) is 0 Å². The molecule has 1 N–H and O–H groups in total. The molecule has 5 nitrogen and oxygen atoms in total. The van der Waals surface area contributed by atoms with E-state index in [1.807, 2.05) is 11.0 Å². The van der Waals surface area contributed by atoms with Gasteiger partial charge in [-0.3, -0.25) is 9.69 Å². The number of hydrogen-bond donors (Lipinski definition) is 1. The Labute approximate surface area is 106 Å². The molecular weight excluding hydrogens is 232 g/mol. The fourth-order valence-corrected chi connectivity index (χ4v) is 2.00. The highest BCUT2D eigenvalue weighted by atomic mass is 16.4. The Morgan fingerprint density at radius 2 is 2.17 bits per heavy atom. The van der Waals surface area contributed by atoms with E-state index in [9.17, 15) is 9.59 Å². The highest BCUT2D eigenvalue weighted by Crippen LogP contribution is 2.10. The third-order valence-corrected chi connectivity index (χ3v) is 3.12. The van der Waals surface area contributed by atoms with E-state index < -0.39 is 5.97 Å². The van der Waals surface area contributed by atoms with Crippen molar-refractivity contribution in [1.82, 2.24) is 9.80 Å². The quantitative estimate of drug-likeness (QED) is 0.853. The standard InChI is InChI=1S/C13H16N2O3/c1-14-5-6-15(9-12(14)16)8-10-3-2-4-11(7-10)13(17)18/h2-4,7H,5-6,8-9H2,1H3,(H,17,18). The van der Waals surface area contributed by atoms with Gasteiger partial charge in [-0.05, 0) is 17.7 Å². The first-order valence-corrected chi connectivity index (χ1v) is 5.85. The van der Waals surface area contributed by atoms with Gasteiger partial charge in [-0.2, -0.15) is 0 Å². The lowest BCUT2D eigenvalue weighted by Crippen LogP contribution is -2.47. The molecule has 0 bridgehead atoms. The molecular formula is C13H16N2O3. The largest absolute Gasteiger partial charge is 0.478 e. The normalized spacial score (nSPS) is 16.9. The Morgan fingerprint density at radius 3 is 2.83 bits per heavy atom. The van der Waals surface area contributed by atoms with Crippen LogP contribution in [-0.4, -0.2) is 53.5 Å². The molecule has 0 saturated carbocycles. The van der Waals surface area contributed by atoms with Gasteiger partial charge in [0.15, 0.2) is 0 Å². The Hall–Kier alpha value is -1.88. The van der Waals surface area contributed by atoms with Gasteiger partial charge in [0.25, 0.3) is 0 Å². The zero-order valence-corrected chi connectivity index (χ0v) is 10.3. The molecule has 1 aromatic carbocycles. The molecule has 0 atom stereocenters. The second-order valence-corrected chi connectivity index (χ2v) is 4.53. The van der Waals surface area contributed by atoms with Crippen LogP contribution >= 0.6 is 0 Å². The third kappa shape index (κ3) is 2.87. The van der Waals surface area contributed by atoms with Crippen LogP contribution in [0.25, 0.3) is 0 Å². The summed E-state index contributed by atoms with van der Waals surface area (Å²) in [6.45, 7) is 2.55. The van der Waals surface area contributed by atoms with Crippen LogP contribution in [-0.2, 0) is 11.3 Å². The summed E-state index contributed by atoms with van der Waals surface area (Å²) in [6, 6.07) is 6.85. The topological polar surface area (TPSA) is 60.9 Å². The van der Waals surface area contributed by atoms with Crippen LogP contribution in [0.15, 0.2) is 24.3 Å². The van der Waals surface area contributed by atoms with Crippen LogP contribution in [0.1, 0.15) is 15.9 Å². The second kappa shape index (κ2) is 5.18. The molecule has 0 spiro atoms. The van der Waals surface area contributed by atoms with Gasteiger partial charge in [-0.15, -0.1) is 0 Å². The predicted molar refractivity (Wildman–Crippen MR) is 66.3 cm³/mol. The van der Waals surface area contributed by atoms with Crippen LogP contribution < -0.4 is 0 Å². The monoisotopic (exact) mass is 248 g/mol. The SMILES string of the molecule is CN1CCN(Cc2cccc(C(=O)O)c2)CC1=O. The number of amides is 1. The number of carboxylic acid groups (broad SMARTS) is 1. The second-order valence-electron chi connectivity index (χ2n) is 4.53. The predicted octanol–water partition coefficient (Wildman–Crippen LogP) is 0.659. The van der Waals surface area contributed by atoms with E-state index in [4.69, 9.17) is 5.11 Å². The van der Waals surface area contributed by atoms with Crippen molar-refractivity contribution in [3.8, 4) is 0 Å². The summed E-state index contributed by atoms with van der Waals surface area (Å²) in [5, 5.41) is 8.92. The van der Waals surface area contributed by atoms with Crippen molar-refractivity contribution >= 4 is 11.9 Å². The Morgan fingerprint density at radius 1 is 1.39 bits per heavy atom. The fraction of sp³-hybridized carbons (Fsp3) is 0.385. The van der Waals surface area contributed by atoms with Crippen molar-refractivity contribution in [2.75, 3.05) is 26.7 Å². The number of carboxylic acids is 1. The molecule has 0 aromatic heterocycles. The Balaban J connectivity index is 2.03. The summed E-state index contributed by atoms with van der Waals surface area (Å²) in [4.78, 5) is 26.2. The first kappa shape index (κ1) is 12.6. The molecule has 0 unspecified atom stereocenters. The molecule has 1 aliphatic heterocycles. The Bertz CT molecular complexity index is 473. The number of carbonyl (C=O) groups excluding carboxylic acids is 1. The number of hydrogen-bond acceptors (Lipinski definition) is 3. The zero-order valence-electron chi connectivity index (χ0n) is 10.3. The van der Waals surface area contributed by atoms with Gasteiger partial charge < -0.3 is 10.0 Å². The number of carbonyl (C=O) groups is 2. The van der Waals surface area contributed by atoms with E-state index in [1.54, 1.807) is 30.1 Å². The lowest BCUT2D eigenvalue weighted by Gasteiger charge is -2.31. The molecule has 0 aliphatic carbocycles. The Kier molecular flexibility index (Phi) is 3.62. The molecule has 5 heteroatoms. The number of rotatable bonds is 3. The highest BCUT2D eigenvalue weighted by Gasteiger charge is 2.20.